The van der Waals surface area contributed by atoms with E-state index in [-0.39, 0.29) is 30.7 Å². The molecule has 2 amide bonds. The lowest BCUT2D eigenvalue weighted by atomic mass is 10.2. The first-order valence-electron chi connectivity index (χ1n) is 5.62. The first kappa shape index (κ1) is 15.5. The van der Waals surface area contributed by atoms with E-state index in [1.165, 1.54) is 4.90 Å². The van der Waals surface area contributed by atoms with Gasteiger partial charge >= 0.3 is 18.2 Å². The van der Waals surface area contributed by atoms with E-state index in [0.717, 1.165) is 0 Å². The Morgan fingerprint density at radius 2 is 2.11 bits per heavy atom. The molecule has 1 saturated heterocycles. The van der Waals surface area contributed by atoms with E-state index < -0.39 is 31.3 Å². The number of hydrogen-bond donors (Lipinski definition) is 1. The maximum atomic E-state index is 12.4. The molecule has 0 bridgehead atoms. The fourth-order valence-corrected chi connectivity index (χ4v) is 1.76. The second-order valence-electron chi connectivity index (χ2n) is 4.26. The smallest absolute Gasteiger partial charge is 0.406 e. The van der Waals surface area contributed by atoms with E-state index in [9.17, 15) is 22.8 Å². The number of alkyl halides is 3. The molecule has 1 rings (SSSR count). The topological polar surface area (TPSA) is 70.1 Å². The van der Waals surface area contributed by atoms with Crippen LogP contribution < -0.4 is 0 Å². The predicted molar refractivity (Wildman–Crippen MR) is 57.6 cm³/mol. The third-order valence-electron chi connectivity index (χ3n) is 2.58. The van der Waals surface area contributed by atoms with Crippen molar-refractivity contribution >= 4 is 12.0 Å². The Bertz CT molecular complexity index is 348. The van der Waals surface area contributed by atoms with Crippen molar-refractivity contribution in [3.05, 3.63) is 0 Å². The first-order chi connectivity index (χ1) is 8.70. The van der Waals surface area contributed by atoms with Crippen molar-refractivity contribution in [2.45, 2.75) is 19.1 Å². The van der Waals surface area contributed by atoms with E-state index in [0.29, 0.717) is 0 Å². The summed E-state index contributed by atoms with van der Waals surface area (Å²) in [6, 6.07) is -1.32. The van der Waals surface area contributed by atoms with Gasteiger partial charge in [-0.25, -0.2) is 4.79 Å². The number of carboxylic acid groups (broad SMARTS) is 1. The van der Waals surface area contributed by atoms with Gasteiger partial charge in [0.25, 0.3) is 0 Å². The van der Waals surface area contributed by atoms with Crippen LogP contribution in [0.25, 0.3) is 0 Å². The van der Waals surface area contributed by atoms with Crippen molar-refractivity contribution in [1.82, 2.24) is 9.80 Å². The highest BCUT2D eigenvalue weighted by molar-refractivity contribution is 5.80. The molecule has 0 aromatic rings. The zero-order chi connectivity index (χ0) is 14.6. The SMILES string of the molecule is CC1COCCN1C(=O)N(CC(=O)O)CC(F)(F)F. The summed E-state index contributed by atoms with van der Waals surface area (Å²) >= 11 is 0. The Labute approximate surface area is 107 Å². The highest BCUT2D eigenvalue weighted by Gasteiger charge is 2.37. The molecule has 0 spiro atoms. The molecule has 9 heteroatoms. The molecule has 1 unspecified atom stereocenters. The number of nitrogens with zero attached hydrogens (tertiary/aromatic N) is 2. The normalized spacial score (nSPS) is 20.2. The highest BCUT2D eigenvalue weighted by atomic mass is 19.4. The highest BCUT2D eigenvalue weighted by Crippen LogP contribution is 2.18. The molecule has 1 heterocycles. The van der Waals surface area contributed by atoms with Crippen LogP contribution in [0.5, 0.6) is 0 Å². The minimum Gasteiger partial charge on any atom is -0.480 e. The van der Waals surface area contributed by atoms with E-state index in [1.54, 1.807) is 6.92 Å². The number of hydrogen-bond acceptors (Lipinski definition) is 3. The minimum absolute atomic E-state index is 0.147. The standard InChI is InChI=1S/C10H15F3N2O4/c1-7-5-19-3-2-15(7)9(18)14(4-8(16)17)6-10(11,12)13/h7H,2-6H2,1H3,(H,16,17). The van der Waals surface area contributed by atoms with E-state index in [2.05, 4.69) is 0 Å². The molecule has 0 saturated carbocycles. The third-order valence-corrected chi connectivity index (χ3v) is 2.58. The maximum Gasteiger partial charge on any atom is 0.406 e. The lowest BCUT2D eigenvalue weighted by Crippen LogP contribution is -2.55. The summed E-state index contributed by atoms with van der Waals surface area (Å²) in [5.41, 5.74) is 0. The van der Waals surface area contributed by atoms with Gasteiger partial charge in [-0.05, 0) is 6.92 Å². The number of carboxylic acids is 1. The Morgan fingerprint density at radius 1 is 1.47 bits per heavy atom. The lowest BCUT2D eigenvalue weighted by molar-refractivity contribution is -0.150. The summed E-state index contributed by atoms with van der Waals surface area (Å²) in [4.78, 5) is 24.0. The average molecular weight is 284 g/mol. The van der Waals surface area contributed by atoms with Crippen molar-refractivity contribution in [2.75, 3.05) is 32.8 Å². The molecule has 0 aromatic carbocycles. The molecule has 1 aliphatic heterocycles. The Balaban J connectivity index is 2.77. The zero-order valence-electron chi connectivity index (χ0n) is 10.3. The summed E-state index contributed by atoms with van der Waals surface area (Å²) in [5.74, 6) is -1.49. The second kappa shape index (κ2) is 6.09. The largest absolute Gasteiger partial charge is 0.480 e. The fourth-order valence-electron chi connectivity index (χ4n) is 1.76. The number of ether oxygens (including phenoxy) is 1. The van der Waals surface area contributed by atoms with Crippen LogP contribution in [0.15, 0.2) is 0 Å². The Morgan fingerprint density at radius 3 is 2.58 bits per heavy atom. The summed E-state index contributed by atoms with van der Waals surface area (Å²) in [7, 11) is 0. The molecule has 6 nitrogen and oxygen atoms in total. The number of carbonyl (C=O) groups excluding carboxylic acids is 1. The number of amides is 2. The molecule has 0 radical (unpaired) electrons. The maximum absolute atomic E-state index is 12.4. The van der Waals surface area contributed by atoms with E-state index in [4.69, 9.17) is 9.84 Å². The number of morpholine rings is 1. The number of urea groups is 1. The van der Waals surface area contributed by atoms with Crippen molar-refractivity contribution in [3.63, 3.8) is 0 Å². The zero-order valence-corrected chi connectivity index (χ0v) is 10.3. The molecule has 19 heavy (non-hydrogen) atoms. The monoisotopic (exact) mass is 284 g/mol. The van der Waals surface area contributed by atoms with Gasteiger partial charge in [0.15, 0.2) is 0 Å². The number of carbonyl (C=O) groups is 2. The van der Waals surface area contributed by atoms with Crippen LogP contribution in [0, 0.1) is 0 Å². The van der Waals surface area contributed by atoms with E-state index in [1.807, 2.05) is 0 Å². The Kier molecular flexibility index (Phi) is 4.98. The van der Waals surface area contributed by atoms with Crippen LogP contribution in [0.2, 0.25) is 0 Å². The number of rotatable bonds is 3. The molecular formula is C10H15F3N2O4. The van der Waals surface area contributed by atoms with Gasteiger partial charge in [-0.2, -0.15) is 13.2 Å². The number of aliphatic carboxylic acids is 1. The quantitative estimate of drug-likeness (QED) is 0.831. The third kappa shape index (κ3) is 4.93. The van der Waals surface area contributed by atoms with Crippen LogP contribution in [0.3, 0.4) is 0 Å². The summed E-state index contributed by atoms with van der Waals surface area (Å²) in [5, 5.41) is 8.59. The van der Waals surface area contributed by atoms with Gasteiger partial charge in [-0.15, -0.1) is 0 Å². The van der Waals surface area contributed by atoms with Gasteiger partial charge in [0.1, 0.15) is 13.1 Å². The second-order valence-corrected chi connectivity index (χ2v) is 4.26. The molecule has 0 aromatic heterocycles. The molecule has 1 aliphatic rings. The van der Waals surface area contributed by atoms with Crippen LogP contribution in [-0.2, 0) is 9.53 Å². The van der Waals surface area contributed by atoms with Crippen molar-refractivity contribution < 1.29 is 32.6 Å². The lowest BCUT2D eigenvalue weighted by Gasteiger charge is -2.37. The molecule has 1 N–H and O–H groups in total. The first-order valence-corrected chi connectivity index (χ1v) is 5.62. The van der Waals surface area contributed by atoms with Gasteiger partial charge in [-0.1, -0.05) is 0 Å². The fraction of sp³-hybridized carbons (Fsp3) is 0.800. The molecular weight excluding hydrogens is 269 g/mol. The minimum atomic E-state index is -4.64. The summed E-state index contributed by atoms with van der Waals surface area (Å²) in [6.07, 6.45) is -4.64. The predicted octanol–water partition coefficient (Wildman–Crippen LogP) is 0.776. The van der Waals surface area contributed by atoms with Crippen molar-refractivity contribution in [2.24, 2.45) is 0 Å². The van der Waals surface area contributed by atoms with Gasteiger partial charge < -0.3 is 19.6 Å². The van der Waals surface area contributed by atoms with Gasteiger partial charge in [0.05, 0.1) is 19.3 Å². The van der Waals surface area contributed by atoms with E-state index >= 15 is 0 Å². The van der Waals surface area contributed by atoms with Crippen LogP contribution in [0.1, 0.15) is 6.92 Å². The number of halogens is 3. The summed E-state index contributed by atoms with van der Waals surface area (Å²) < 4.78 is 42.1. The van der Waals surface area contributed by atoms with Crippen LogP contribution in [-0.4, -0.2) is 72.0 Å². The van der Waals surface area contributed by atoms with Gasteiger partial charge in [0.2, 0.25) is 0 Å². The average Bonchev–Trinajstić information content (AvgIpc) is 2.25. The Hall–Kier alpha value is -1.51. The molecule has 0 aliphatic carbocycles. The van der Waals surface area contributed by atoms with Gasteiger partial charge in [0, 0.05) is 6.54 Å². The molecule has 1 fully saturated rings. The molecule has 110 valence electrons. The van der Waals surface area contributed by atoms with Gasteiger partial charge in [-0.3, -0.25) is 4.79 Å². The summed E-state index contributed by atoms with van der Waals surface area (Å²) in [6.45, 7) is -0.343. The molecule has 1 atom stereocenters. The van der Waals surface area contributed by atoms with Crippen molar-refractivity contribution in [3.8, 4) is 0 Å². The van der Waals surface area contributed by atoms with Crippen LogP contribution in [0.4, 0.5) is 18.0 Å². The van der Waals surface area contributed by atoms with Crippen LogP contribution >= 0.6 is 0 Å². The van der Waals surface area contributed by atoms with Crippen molar-refractivity contribution in [1.29, 1.82) is 0 Å².